The zero-order valence-corrected chi connectivity index (χ0v) is 31.9. The van der Waals surface area contributed by atoms with E-state index >= 15 is 0 Å². The molecule has 0 spiro atoms. The molecule has 4 nitrogen and oxygen atoms in total. The van der Waals surface area contributed by atoms with E-state index in [0.717, 1.165) is 33.9 Å². The highest BCUT2D eigenvalue weighted by Gasteiger charge is 2.23. The van der Waals surface area contributed by atoms with Gasteiger partial charge in [-0.15, -0.1) is 10.2 Å². The molecule has 0 N–H and O–H groups in total. The van der Waals surface area contributed by atoms with E-state index in [1.807, 2.05) is 42.6 Å². The third-order valence-corrected chi connectivity index (χ3v) is 11.9. The Kier molecular flexibility index (Phi) is 7.50. The molecule has 0 saturated heterocycles. The van der Waals surface area contributed by atoms with Crippen LogP contribution in [0.3, 0.4) is 0 Å². The maximum absolute atomic E-state index is 5.08. The van der Waals surface area contributed by atoms with E-state index < -0.39 is 0 Å². The van der Waals surface area contributed by atoms with Gasteiger partial charge in [-0.1, -0.05) is 158 Å². The molecule has 12 rings (SSSR count). The Hall–Kier alpha value is -7.95. The van der Waals surface area contributed by atoms with Crippen LogP contribution < -0.4 is 0 Å². The molecule has 2 heterocycles. The number of nitrogens with zero attached hydrogens (tertiary/aromatic N) is 4. The highest BCUT2D eigenvalue weighted by molar-refractivity contribution is 6.31. The van der Waals surface area contributed by atoms with E-state index in [9.17, 15) is 0 Å². The summed E-state index contributed by atoms with van der Waals surface area (Å²) in [5.74, 6) is 1.46. The molecular formula is C55H34N4. The normalized spacial score (nSPS) is 11.7. The van der Waals surface area contributed by atoms with Gasteiger partial charge in [0.1, 0.15) is 5.69 Å². The summed E-state index contributed by atoms with van der Waals surface area (Å²) in [6.07, 6.45) is 1.98. The minimum atomic E-state index is 0.691. The van der Waals surface area contributed by atoms with Gasteiger partial charge in [0.05, 0.1) is 0 Å². The lowest BCUT2D eigenvalue weighted by Gasteiger charge is -2.22. The first-order chi connectivity index (χ1) is 29.2. The van der Waals surface area contributed by atoms with Gasteiger partial charge in [-0.2, -0.15) is 0 Å². The fourth-order valence-electron chi connectivity index (χ4n) is 9.12. The fourth-order valence-corrected chi connectivity index (χ4v) is 9.12. The van der Waals surface area contributed by atoms with Crippen LogP contribution in [0.2, 0.25) is 0 Å². The highest BCUT2D eigenvalue weighted by atomic mass is 15.3. The lowest BCUT2D eigenvalue weighted by Crippen LogP contribution is -2.01. The highest BCUT2D eigenvalue weighted by Crippen LogP contribution is 2.49. The van der Waals surface area contributed by atoms with E-state index in [0.29, 0.717) is 5.82 Å². The second kappa shape index (κ2) is 13.3. The second-order valence-corrected chi connectivity index (χ2v) is 15.3. The van der Waals surface area contributed by atoms with Crippen molar-refractivity contribution in [1.82, 2.24) is 19.7 Å². The monoisotopic (exact) mass is 750 g/mol. The van der Waals surface area contributed by atoms with Crippen molar-refractivity contribution < 1.29 is 0 Å². The Morgan fingerprint density at radius 2 is 0.864 bits per heavy atom. The smallest absolute Gasteiger partial charge is 0.187 e. The molecular weight excluding hydrogens is 717 g/mol. The Bertz CT molecular complexity index is 3530. The number of benzene rings is 10. The summed E-state index contributed by atoms with van der Waals surface area (Å²) in [5.41, 5.74) is 9.74. The van der Waals surface area contributed by atoms with Gasteiger partial charge in [0.2, 0.25) is 0 Å². The molecule has 0 radical (unpaired) electrons. The van der Waals surface area contributed by atoms with Crippen molar-refractivity contribution in [1.29, 1.82) is 0 Å². The number of hydrogen-bond acceptors (Lipinski definition) is 3. The first-order valence-corrected chi connectivity index (χ1v) is 20.0. The topological polar surface area (TPSA) is 43.6 Å². The van der Waals surface area contributed by atoms with Crippen LogP contribution in [0.25, 0.3) is 116 Å². The fraction of sp³-hybridized carbons (Fsp3) is 0. The quantitative estimate of drug-likeness (QED) is 0.159. The van der Waals surface area contributed by atoms with Gasteiger partial charge in [0.25, 0.3) is 0 Å². The number of fused-ring (bicyclic) bond motifs is 2. The van der Waals surface area contributed by atoms with Crippen molar-refractivity contribution >= 4 is 53.9 Å². The van der Waals surface area contributed by atoms with Gasteiger partial charge >= 0.3 is 0 Å². The molecule has 0 aliphatic heterocycles. The summed E-state index contributed by atoms with van der Waals surface area (Å²) in [7, 11) is 0. The summed E-state index contributed by atoms with van der Waals surface area (Å²) in [6, 6.07) is 71.8. The molecule has 0 aliphatic rings. The molecule has 12 aromatic rings. The molecule has 0 aliphatic carbocycles. The van der Waals surface area contributed by atoms with Crippen molar-refractivity contribution in [2.45, 2.75) is 0 Å². The van der Waals surface area contributed by atoms with Crippen molar-refractivity contribution in [3.8, 4) is 62.0 Å². The third kappa shape index (κ3) is 5.42. The van der Waals surface area contributed by atoms with Gasteiger partial charge in [-0.3, -0.25) is 9.55 Å². The lowest BCUT2D eigenvalue weighted by atomic mass is 9.81. The lowest BCUT2D eigenvalue weighted by molar-refractivity contribution is 1.06. The van der Waals surface area contributed by atoms with E-state index in [1.165, 1.54) is 76.1 Å². The minimum absolute atomic E-state index is 0.691. The van der Waals surface area contributed by atoms with Crippen LogP contribution in [0.1, 0.15) is 0 Å². The van der Waals surface area contributed by atoms with Crippen LogP contribution in [-0.4, -0.2) is 19.7 Å². The van der Waals surface area contributed by atoms with E-state index in [4.69, 9.17) is 10.1 Å². The Morgan fingerprint density at radius 1 is 0.322 bits per heavy atom. The number of pyridine rings is 1. The Morgan fingerprint density at radius 3 is 1.56 bits per heavy atom. The van der Waals surface area contributed by atoms with Crippen LogP contribution in [0.5, 0.6) is 0 Å². The predicted molar refractivity (Wildman–Crippen MR) is 245 cm³/mol. The molecule has 0 unspecified atom stereocenters. The van der Waals surface area contributed by atoms with E-state index in [2.05, 4.69) is 173 Å². The molecule has 0 amide bonds. The number of rotatable bonds is 6. The maximum atomic E-state index is 5.08. The van der Waals surface area contributed by atoms with Crippen molar-refractivity contribution in [3.63, 3.8) is 0 Å². The maximum Gasteiger partial charge on any atom is 0.187 e. The molecule has 59 heavy (non-hydrogen) atoms. The zero-order valence-electron chi connectivity index (χ0n) is 31.9. The average Bonchev–Trinajstić information content (AvgIpc) is 3.76. The van der Waals surface area contributed by atoms with Crippen LogP contribution in [0, 0.1) is 0 Å². The minimum Gasteiger partial charge on any atom is -0.274 e. The molecule has 0 atom stereocenters. The zero-order chi connectivity index (χ0) is 38.9. The molecule has 10 aromatic carbocycles. The predicted octanol–water partition coefficient (Wildman–Crippen LogP) is 14.2. The Balaban J connectivity index is 1.09. The van der Waals surface area contributed by atoms with Crippen molar-refractivity contribution in [3.05, 3.63) is 206 Å². The molecule has 274 valence electrons. The summed E-state index contributed by atoms with van der Waals surface area (Å²) in [4.78, 5) is 5.08. The van der Waals surface area contributed by atoms with Gasteiger partial charge in [0, 0.05) is 23.0 Å². The van der Waals surface area contributed by atoms with Gasteiger partial charge < -0.3 is 0 Å². The van der Waals surface area contributed by atoms with Crippen LogP contribution in [0.4, 0.5) is 0 Å². The number of para-hydroxylation sites is 1. The number of aromatic nitrogens is 4. The number of hydrogen-bond donors (Lipinski definition) is 0. The first kappa shape index (κ1) is 33.2. The summed E-state index contributed by atoms with van der Waals surface area (Å²) in [6.45, 7) is 0. The molecule has 4 heteroatoms. The third-order valence-electron chi connectivity index (χ3n) is 11.9. The van der Waals surface area contributed by atoms with Crippen LogP contribution in [0.15, 0.2) is 206 Å². The largest absolute Gasteiger partial charge is 0.274 e. The Labute approximate surface area is 340 Å². The van der Waals surface area contributed by atoms with Gasteiger partial charge in [0.15, 0.2) is 11.6 Å². The molecule has 0 fully saturated rings. The summed E-state index contributed by atoms with van der Waals surface area (Å²) in [5, 5.41) is 21.8. The SMILES string of the molecule is c1ccc(-c2nnc(-c3ccc(-c4cc5ccc6cccc7c(-c8ccc9ccccc9c8)c(-c8ccc9ccccc9c8)c(c4)c5c67)cn3)n2-c2ccccc2)cc1. The van der Waals surface area contributed by atoms with Crippen molar-refractivity contribution in [2.24, 2.45) is 0 Å². The van der Waals surface area contributed by atoms with Gasteiger partial charge in [-0.25, -0.2) is 0 Å². The van der Waals surface area contributed by atoms with E-state index in [-0.39, 0.29) is 0 Å². The molecule has 0 saturated carbocycles. The first-order valence-electron chi connectivity index (χ1n) is 20.0. The average molecular weight is 751 g/mol. The standard InChI is InChI=1S/C55H34N4/c1-3-14-38(15-4-1)54-57-58-55(59(54)46-19-5-2-6-20-46)49-29-28-44(34-56-49)45-32-43-27-24-37-18-11-21-47-50(37)52(43)48(33-45)53(42-26-23-36-13-8-10-17-40(36)31-42)51(47)41-25-22-35-12-7-9-16-39(35)30-41/h1-34H. The molecule has 2 aromatic heterocycles. The van der Waals surface area contributed by atoms with Crippen LogP contribution in [-0.2, 0) is 0 Å². The van der Waals surface area contributed by atoms with E-state index in [1.54, 1.807) is 0 Å². The second-order valence-electron chi connectivity index (χ2n) is 15.3. The molecule has 0 bridgehead atoms. The van der Waals surface area contributed by atoms with Gasteiger partial charge in [-0.05, 0) is 124 Å². The van der Waals surface area contributed by atoms with Crippen LogP contribution >= 0.6 is 0 Å². The van der Waals surface area contributed by atoms with Crippen molar-refractivity contribution in [2.75, 3.05) is 0 Å². The summed E-state index contributed by atoms with van der Waals surface area (Å²) < 4.78 is 2.09. The summed E-state index contributed by atoms with van der Waals surface area (Å²) >= 11 is 0.